The maximum Gasteiger partial charge on any atom is 0.435 e. The Kier molecular flexibility index (Phi) is 5.96. The Morgan fingerprint density at radius 3 is 2.28 bits per heavy atom. The number of hydrogen-bond acceptors (Lipinski definition) is 5. The normalized spacial score (nSPS) is 21.5. The minimum Gasteiger partial charge on any atom is -0.374 e. The topological polar surface area (TPSA) is 84.8 Å². The van der Waals surface area contributed by atoms with Gasteiger partial charge in [-0.3, -0.25) is 4.79 Å². The SMILES string of the molecule is O=C(NC1CS(=O)(=O)C1)c1ccc(C2=NOC(c3cc(Cl)cc(Cl)c3)(C(F)(F)F)C2)c2ccccc12. The molecule has 1 N–H and O–H groups in total. The third kappa shape index (κ3) is 4.31. The van der Waals surface area contributed by atoms with Gasteiger partial charge < -0.3 is 10.2 Å². The van der Waals surface area contributed by atoms with E-state index < -0.39 is 40.0 Å². The van der Waals surface area contributed by atoms with Crippen molar-refractivity contribution in [1.29, 1.82) is 0 Å². The molecule has 2 aliphatic heterocycles. The van der Waals surface area contributed by atoms with E-state index in [1.165, 1.54) is 18.2 Å². The minimum atomic E-state index is -4.84. The number of halogens is 5. The van der Waals surface area contributed by atoms with E-state index in [0.717, 1.165) is 12.1 Å². The van der Waals surface area contributed by atoms with Crippen molar-refractivity contribution >= 4 is 55.4 Å². The van der Waals surface area contributed by atoms with Crippen molar-refractivity contribution in [3.8, 4) is 0 Å². The Bertz CT molecular complexity index is 1510. The van der Waals surface area contributed by atoms with E-state index in [2.05, 4.69) is 10.5 Å². The summed E-state index contributed by atoms with van der Waals surface area (Å²) in [6.45, 7) is 0. The Balaban J connectivity index is 1.51. The summed E-state index contributed by atoms with van der Waals surface area (Å²) < 4.78 is 65.9. The highest BCUT2D eigenvalue weighted by molar-refractivity contribution is 7.92. The molecule has 0 spiro atoms. The molecule has 12 heteroatoms. The second-order valence-corrected chi connectivity index (χ2v) is 11.8. The maximum atomic E-state index is 14.4. The monoisotopic (exact) mass is 556 g/mol. The van der Waals surface area contributed by atoms with E-state index in [1.54, 1.807) is 24.3 Å². The zero-order chi connectivity index (χ0) is 25.9. The zero-order valence-electron chi connectivity index (χ0n) is 18.3. The van der Waals surface area contributed by atoms with Gasteiger partial charge in [0.25, 0.3) is 11.5 Å². The van der Waals surface area contributed by atoms with Crippen molar-refractivity contribution < 1.29 is 31.2 Å². The molecule has 36 heavy (non-hydrogen) atoms. The Hall–Kier alpha value is -2.82. The fourth-order valence-corrected chi connectivity index (χ4v) is 6.32. The number of sulfone groups is 1. The number of nitrogens with one attached hydrogen (secondary N) is 1. The molecule has 1 fully saturated rings. The molecule has 0 aliphatic carbocycles. The van der Waals surface area contributed by atoms with Gasteiger partial charge in [-0.15, -0.1) is 0 Å². The summed E-state index contributed by atoms with van der Waals surface area (Å²) in [6, 6.07) is 12.8. The standard InChI is InChI=1S/C24H17Cl2F3N2O4S/c25-14-7-13(8-15(26)9-14)23(24(27,28)29)10-21(31-35-23)19-5-6-20(18-4-2-1-3-17(18)19)22(32)30-16-11-36(33,34)12-16/h1-9,16H,10-12H2,(H,30,32). The molecule has 0 aromatic heterocycles. The summed E-state index contributed by atoms with van der Waals surface area (Å²) in [5, 5.41) is 7.53. The summed E-state index contributed by atoms with van der Waals surface area (Å²) in [6.07, 6.45) is -5.48. The predicted octanol–water partition coefficient (Wildman–Crippen LogP) is 5.26. The largest absolute Gasteiger partial charge is 0.435 e. The number of carbonyl (C=O) groups excluding carboxylic acids is 1. The Morgan fingerprint density at radius 1 is 1.03 bits per heavy atom. The molecule has 1 amide bonds. The second-order valence-electron chi connectivity index (χ2n) is 8.74. The molecule has 5 rings (SSSR count). The van der Waals surface area contributed by atoms with Crippen molar-refractivity contribution in [3.63, 3.8) is 0 Å². The van der Waals surface area contributed by atoms with Gasteiger partial charge in [-0.2, -0.15) is 13.2 Å². The van der Waals surface area contributed by atoms with E-state index in [1.807, 2.05) is 0 Å². The van der Waals surface area contributed by atoms with Gasteiger partial charge in [0.2, 0.25) is 0 Å². The molecule has 1 atom stereocenters. The molecule has 2 heterocycles. The number of amides is 1. The fraction of sp³-hybridized carbons (Fsp3) is 0.250. The molecule has 0 radical (unpaired) electrons. The average Bonchev–Trinajstić information content (AvgIpc) is 3.23. The first kappa shape index (κ1) is 24.9. The van der Waals surface area contributed by atoms with Gasteiger partial charge in [0.1, 0.15) is 0 Å². The van der Waals surface area contributed by atoms with Gasteiger partial charge in [0.05, 0.1) is 23.3 Å². The van der Waals surface area contributed by atoms with Crippen LogP contribution >= 0.6 is 23.2 Å². The molecule has 1 saturated heterocycles. The van der Waals surface area contributed by atoms with Gasteiger partial charge in [0.15, 0.2) is 9.84 Å². The number of rotatable bonds is 4. The molecule has 2 aliphatic rings. The number of oxime groups is 1. The van der Waals surface area contributed by atoms with Gasteiger partial charge in [-0.05, 0) is 35.0 Å². The molecule has 1 unspecified atom stereocenters. The van der Waals surface area contributed by atoms with Crippen LogP contribution in [0, 0.1) is 0 Å². The summed E-state index contributed by atoms with van der Waals surface area (Å²) in [5.74, 6) is -0.730. The van der Waals surface area contributed by atoms with Crippen molar-refractivity contribution in [3.05, 3.63) is 81.3 Å². The number of alkyl halides is 3. The Labute approximate surface area is 213 Å². The van der Waals surface area contributed by atoms with E-state index in [9.17, 15) is 26.4 Å². The van der Waals surface area contributed by atoms with Crippen LogP contribution in [0.1, 0.15) is 27.9 Å². The predicted molar refractivity (Wildman–Crippen MR) is 130 cm³/mol. The van der Waals surface area contributed by atoms with Gasteiger partial charge >= 0.3 is 6.18 Å². The lowest BCUT2D eigenvalue weighted by molar-refractivity contribution is -0.275. The van der Waals surface area contributed by atoms with Crippen LogP contribution in [0.5, 0.6) is 0 Å². The van der Waals surface area contributed by atoms with Gasteiger partial charge in [-0.1, -0.05) is 58.7 Å². The lowest BCUT2D eigenvalue weighted by atomic mass is 9.85. The quantitative estimate of drug-likeness (QED) is 0.475. The van der Waals surface area contributed by atoms with Crippen LogP contribution in [0.25, 0.3) is 10.8 Å². The highest BCUT2D eigenvalue weighted by atomic mass is 35.5. The molecular formula is C24H17Cl2F3N2O4S. The fourth-order valence-electron chi connectivity index (χ4n) is 4.49. The van der Waals surface area contributed by atoms with Crippen LogP contribution in [0.15, 0.2) is 59.8 Å². The second kappa shape index (κ2) is 8.64. The lowest BCUT2D eigenvalue weighted by Gasteiger charge is -2.29. The van der Waals surface area contributed by atoms with Gasteiger partial charge in [0, 0.05) is 33.2 Å². The first-order valence-corrected chi connectivity index (χ1v) is 13.3. The zero-order valence-corrected chi connectivity index (χ0v) is 20.6. The summed E-state index contributed by atoms with van der Waals surface area (Å²) in [4.78, 5) is 18.0. The van der Waals surface area contributed by atoms with Crippen molar-refractivity contribution in [2.24, 2.45) is 5.16 Å². The maximum absolute atomic E-state index is 14.4. The van der Waals surface area contributed by atoms with Crippen LogP contribution in [0.4, 0.5) is 13.2 Å². The number of benzene rings is 3. The molecule has 3 aromatic rings. The molecule has 188 valence electrons. The first-order chi connectivity index (χ1) is 16.9. The van der Waals surface area contributed by atoms with E-state index in [0.29, 0.717) is 16.3 Å². The molecule has 3 aromatic carbocycles. The van der Waals surface area contributed by atoms with E-state index in [4.69, 9.17) is 28.0 Å². The first-order valence-electron chi connectivity index (χ1n) is 10.7. The smallest absolute Gasteiger partial charge is 0.374 e. The van der Waals surface area contributed by atoms with Crippen LogP contribution in [-0.2, 0) is 20.3 Å². The number of nitrogens with zero attached hydrogens (tertiary/aromatic N) is 1. The summed E-state index contributed by atoms with van der Waals surface area (Å²) in [7, 11) is -3.12. The van der Waals surface area contributed by atoms with Crippen molar-refractivity contribution in [1.82, 2.24) is 5.32 Å². The number of hydrogen-bond donors (Lipinski definition) is 1. The van der Waals surface area contributed by atoms with E-state index >= 15 is 0 Å². The molecule has 0 saturated carbocycles. The Morgan fingerprint density at radius 2 is 1.67 bits per heavy atom. The molecule has 6 nitrogen and oxygen atoms in total. The van der Waals surface area contributed by atoms with Crippen LogP contribution in [-0.4, -0.2) is 43.8 Å². The third-order valence-corrected chi connectivity index (χ3v) is 8.50. The highest BCUT2D eigenvalue weighted by Gasteiger charge is 2.62. The average molecular weight is 557 g/mol. The summed E-state index contributed by atoms with van der Waals surface area (Å²) in [5.41, 5.74) is -2.39. The van der Waals surface area contributed by atoms with Crippen LogP contribution in [0.3, 0.4) is 0 Å². The lowest BCUT2D eigenvalue weighted by Crippen LogP contribution is -2.52. The number of fused-ring (bicyclic) bond motifs is 1. The van der Waals surface area contributed by atoms with Crippen molar-refractivity contribution in [2.45, 2.75) is 24.2 Å². The molecular weight excluding hydrogens is 540 g/mol. The minimum absolute atomic E-state index is 0.0262. The van der Waals surface area contributed by atoms with Crippen molar-refractivity contribution in [2.75, 3.05) is 11.5 Å². The van der Waals surface area contributed by atoms with E-state index in [-0.39, 0.29) is 38.4 Å². The van der Waals surface area contributed by atoms with Crippen LogP contribution < -0.4 is 5.32 Å². The highest BCUT2D eigenvalue weighted by Crippen LogP contribution is 2.50. The van der Waals surface area contributed by atoms with Gasteiger partial charge in [-0.25, -0.2) is 8.42 Å². The number of carbonyl (C=O) groups is 1. The van der Waals surface area contributed by atoms with Crippen LogP contribution in [0.2, 0.25) is 10.0 Å². The third-order valence-electron chi connectivity index (χ3n) is 6.24. The molecule has 0 bridgehead atoms. The summed E-state index contributed by atoms with van der Waals surface area (Å²) >= 11 is 11.9.